The first-order valence-electron chi connectivity index (χ1n) is 6.02. The molecule has 1 fully saturated rings. The molecule has 0 bridgehead atoms. The molecule has 0 aromatic carbocycles. The zero-order valence-electron chi connectivity index (χ0n) is 10.0. The predicted molar refractivity (Wildman–Crippen MR) is 66.7 cm³/mol. The Kier molecular flexibility index (Phi) is 5.46. The van der Waals surface area contributed by atoms with Crippen LogP contribution in [0.2, 0.25) is 0 Å². The average molecular weight is 277 g/mol. The molecule has 1 unspecified atom stereocenters. The Hall–Kier alpha value is -0.590. The Morgan fingerprint density at radius 2 is 2.22 bits per heavy atom. The molecule has 1 atom stereocenters. The fourth-order valence-electron chi connectivity index (χ4n) is 1.89. The molecule has 6 heteroatoms. The Balaban J connectivity index is 1.72. The average Bonchev–Trinajstić information content (AvgIpc) is 2.83. The van der Waals surface area contributed by atoms with E-state index in [4.69, 9.17) is 9.15 Å². The number of alkyl halides is 2. The Bertz CT molecular complexity index is 354. The van der Waals surface area contributed by atoms with Gasteiger partial charge in [-0.25, -0.2) is 0 Å². The van der Waals surface area contributed by atoms with Crippen LogP contribution in [0.15, 0.2) is 16.5 Å². The molecule has 1 aromatic rings. The minimum absolute atomic E-state index is 0.213. The maximum Gasteiger partial charge on any atom is 0.284 e. The van der Waals surface area contributed by atoms with Crippen molar-refractivity contribution < 1.29 is 17.9 Å². The van der Waals surface area contributed by atoms with Gasteiger partial charge in [-0.3, -0.25) is 0 Å². The van der Waals surface area contributed by atoms with Gasteiger partial charge in [-0.15, -0.1) is 0 Å². The highest BCUT2D eigenvalue weighted by atomic mass is 32.2. The van der Waals surface area contributed by atoms with E-state index < -0.39 is 5.76 Å². The van der Waals surface area contributed by atoms with Crippen molar-refractivity contribution in [3.05, 3.63) is 23.7 Å². The van der Waals surface area contributed by atoms with Gasteiger partial charge in [-0.05, 0) is 25.0 Å². The second kappa shape index (κ2) is 7.11. The molecule has 0 aliphatic carbocycles. The Morgan fingerprint density at radius 3 is 2.94 bits per heavy atom. The molecule has 1 aliphatic rings. The van der Waals surface area contributed by atoms with Crippen molar-refractivity contribution >= 4 is 11.8 Å². The first kappa shape index (κ1) is 13.8. The highest BCUT2D eigenvalue weighted by molar-refractivity contribution is 7.98. The van der Waals surface area contributed by atoms with Crippen LogP contribution in [-0.4, -0.2) is 25.0 Å². The lowest BCUT2D eigenvalue weighted by Crippen LogP contribution is -2.36. The number of ether oxygens (including phenoxy) is 1. The van der Waals surface area contributed by atoms with Crippen molar-refractivity contribution in [1.82, 2.24) is 5.32 Å². The highest BCUT2D eigenvalue weighted by Gasteiger charge is 2.14. The fourth-order valence-corrected chi connectivity index (χ4v) is 2.33. The third kappa shape index (κ3) is 4.59. The van der Waals surface area contributed by atoms with Gasteiger partial charge in [-0.2, -0.15) is 8.78 Å². The maximum atomic E-state index is 12.0. The zero-order chi connectivity index (χ0) is 12.8. The quantitative estimate of drug-likeness (QED) is 0.867. The molecule has 1 aromatic heterocycles. The third-order valence-corrected chi connectivity index (χ3v) is 3.50. The van der Waals surface area contributed by atoms with E-state index in [2.05, 4.69) is 5.32 Å². The summed E-state index contributed by atoms with van der Waals surface area (Å²) >= 11 is 0.576. The van der Waals surface area contributed by atoms with E-state index in [1.807, 2.05) is 6.07 Å². The molecule has 0 spiro atoms. The monoisotopic (exact) mass is 277 g/mol. The van der Waals surface area contributed by atoms with Gasteiger partial charge in [0.05, 0.1) is 18.9 Å². The van der Waals surface area contributed by atoms with Crippen LogP contribution in [-0.2, 0) is 17.0 Å². The predicted octanol–water partition coefficient (Wildman–Crippen LogP) is 3.00. The van der Waals surface area contributed by atoms with Crippen LogP contribution in [0.1, 0.15) is 24.4 Å². The van der Waals surface area contributed by atoms with Crippen LogP contribution < -0.4 is 5.32 Å². The van der Waals surface area contributed by atoms with E-state index in [-0.39, 0.29) is 5.75 Å². The molecule has 18 heavy (non-hydrogen) atoms. The summed E-state index contributed by atoms with van der Waals surface area (Å²) in [5.74, 6) is -0.761. The minimum Gasteiger partial charge on any atom is -0.464 e. The van der Waals surface area contributed by atoms with Crippen molar-refractivity contribution in [2.24, 2.45) is 0 Å². The molecular formula is C12H17F2NO2S. The summed E-state index contributed by atoms with van der Waals surface area (Å²) in [6.07, 6.45) is 2.18. The number of furan rings is 1. The van der Waals surface area contributed by atoms with Gasteiger partial charge in [0.25, 0.3) is 5.76 Å². The molecule has 1 aliphatic heterocycles. The topological polar surface area (TPSA) is 34.4 Å². The van der Waals surface area contributed by atoms with Gasteiger partial charge in [0.2, 0.25) is 0 Å². The van der Waals surface area contributed by atoms with Crippen LogP contribution in [0.25, 0.3) is 0 Å². The standard InChI is InChI=1S/C12H17F2NO2S/c13-12(14)18-8-11-4-3-10(17-11)6-15-9-2-1-5-16-7-9/h3-4,9,12,15H,1-2,5-8H2. The van der Waals surface area contributed by atoms with Crippen molar-refractivity contribution in [2.45, 2.75) is 36.9 Å². The number of hydrogen-bond acceptors (Lipinski definition) is 4. The lowest BCUT2D eigenvalue weighted by molar-refractivity contribution is 0.0693. The smallest absolute Gasteiger partial charge is 0.284 e. The Labute approximate surface area is 109 Å². The maximum absolute atomic E-state index is 12.0. The van der Waals surface area contributed by atoms with Crippen LogP contribution >= 0.6 is 11.8 Å². The second-order valence-electron chi connectivity index (χ2n) is 4.23. The van der Waals surface area contributed by atoms with Gasteiger partial charge in [-0.1, -0.05) is 11.8 Å². The van der Waals surface area contributed by atoms with E-state index in [0.29, 0.717) is 30.1 Å². The molecule has 0 amide bonds. The molecule has 1 N–H and O–H groups in total. The first-order valence-corrected chi connectivity index (χ1v) is 7.07. The van der Waals surface area contributed by atoms with Gasteiger partial charge in [0, 0.05) is 12.6 Å². The Morgan fingerprint density at radius 1 is 1.39 bits per heavy atom. The van der Waals surface area contributed by atoms with E-state index >= 15 is 0 Å². The van der Waals surface area contributed by atoms with E-state index in [9.17, 15) is 8.78 Å². The normalized spacial score (nSPS) is 20.5. The van der Waals surface area contributed by atoms with Crippen molar-refractivity contribution in [3.63, 3.8) is 0 Å². The van der Waals surface area contributed by atoms with Crippen molar-refractivity contribution in [1.29, 1.82) is 0 Å². The van der Waals surface area contributed by atoms with Gasteiger partial charge in [0.15, 0.2) is 0 Å². The minimum atomic E-state index is -2.35. The van der Waals surface area contributed by atoms with Gasteiger partial charge >= 0.3 is 0 Å². The fraction of sp³-hybridized carbons (Fsp3) is 0.667. The second-order valence-corrected chi connectivity index (χ2v) is 5.21. The van der Waals surface area contributed by atoms with E-state index in [1.54, 1.807) is 6.07 Å². The van der Waals surface area contributed by atoms with Crippen LogP contribution in [0.4, 0.5) is 8.78 Å². The molecule has 1 saturated heterocycles. The molecule has 0 radical (unpaired) electrons. The summed E-state index contributed by atoms with van der Waals surface area (Å²) in [4.78, 5) is 0. The SMILES string of the molecule is FC(F)SCc1ccc(CNC2CCCOC2)o1. The van der Waals surface area contributed by atoms with Crippen LogP contribution in [0.5, 0.6) is 0 Å². The summed E-state index contributed by atoms with van der Waals surface area (Å²) in [6, 6.07) is 3.95. The summed E-state index contributed by atoms with van der Waals surface area (Å²) in [5, 5.41) is 3.34. The van der Waals surface area contributed by atoms with Crippen LogP contribution in [0, 0.1) is 0 Å². The van der Waals surface area contributed by atoms with Crippen molar-refractivity contribution in [3.8, 4) is 0 Å². The van der Waals surface area contributed by atoms with Gasteiger partial charge in [0.1, 0.15) is 11.5 Å². The lowest BCUT2D eigenvalue weighted by atomic mass is 10.1. The summed E-state index contributed by atoms with van der Waals surface area (Å²) < 4.78 is 34.9. The molecule has 2 heterocycles. The first-order chi connectivity index (χ1) is 8.74. The summed E-state index contributed by atoms with van der Waals surface area (Å²) in [5.41, 5.74) is 0. The lowest BCUT2D eigenvalue weighted by Gasteiger charge is -2.22. The molecular weight excluding hydrogens is 260 g/mol. The number of thioether (sulfide) groups is 1. The van der Waals surface area contributed by atoms with Crippen molar-refractivity contribution in [2.75, 3.05) is 13.2 Å². The summed E-state index contributed by atoms with van der Waals surface area (Å²) in [7, 11) is 0. The van der Waals surface area contributed by atoms with E-state index in [1.165, 1.54) is 0 Å². The van der Waals surface area contributed by atoms with E-state index in [0.717, 1.165) is 31.8 Å². The zero-order valence-corrected chi connectivity index (χ0v) is 10.8. The van der Waals surface area contributed by atoms with Gasteiger partial charge < -0.3 is 14.5 Å². The summed E-state index contributed by atoms with van der Waals surface area (Å²) in [6.45, 7) is 2.19. The van der Waals surface area contributed by atoms with Crippen LogP contribution in [0.3, 0.4) is 0 Å². The number of nitrogens with one attached hydrogen (secondary N) is 1. The number of halogens is 2. The molecule has 0 saturated carbocycles. The molecule has 102 valence electrons. The number of hydrogen-bond donors (Lipinski definition) is 1. The largest absolute Gasteiger partial charge is 0.464 e. The molecule has 3 nitrogen and oxygen atoms in total. The molecule has 2 rings (SSSR count). The number of rotatable bonds is 6. The third-order valence-electron chi connectivity index (χ3n) is 2.79. The highest BCUT2D eigenvalue weighted by Crippen LogP contribution is 2.21.